The number of hydrogen-bond donors (Lipinski definition) is 0. The van der Waals surface area contributed by atoms with E-state index in [0.29, 0.717) is 4.47 Å². The number of ether oxygens (including phenoxy) is 2. The number of hydrogen-bond acceptors (Lipinski definition) is 4. The van der Waals surface area contributed by atoms with E-state index in [-0.39, 0.29) is 17.1 Å². The molecule has 0 aliphatic rings. The van der Waals surface area contributed by atoms with E-state index >= 15 is 0 Å². The number of methoxy groups -OCH3 is 2. The van der Waals surface area contributed by atoms with E-state index < -0.39 is 5.97 Å². The van der Waals surface area contributed by atoms with Gasteiger partial charge in [0.15, 0.2) is 0 Å². The monoisotopic (exact) mass is 259 g/mol. The molecule has 0 radical (unpaired) electrons. The Morgan fingerprint density at radius 1 is 1.36 bits per heavy atom. The lowest BCUT2D eigenvalue weighted by Crippen LogP contribution is -2.23. The maximum atomic E-state index is 10.8. The summed E-state index contributed by atoms with van der Waals surface area (Å²) in [6.07, 6.45) is 0. The van der Waals surface area contributed by atoms with Crippen LogP contribution in [0.5, 0.6) is 11.5 Å². The molecule has 76 valence electrons. The highest BCUT2D eigenvalue weighted by molar-refractivity contribution is 9.10. The van der Waals surface area contributed by atoms with Crippen LogP contribution in [-0.4, -0.2) is 20.2 Å². The Kier molecular flexibility index (Phi) is 3.35. The lowest BCUT2D eigenvalue weighted by atomic mass is 10.2. The molecular formula is C9H8BrO4-. The molecule has 0 heterocycles. The van der Waals surface area contributed by atoms with Crippen molar-refractivity contribution < 1.29 is 19.4 Å². The Morgan fingerprint density at radius 2 is 2.00 bits per heavy atom. The highest BCUT2D eigenvalue weighted by atomic mass is 79.9. The molecule has 0 N–H and O–H groups in total. The molecule has 0 saturated heterocycles. The maximum Gasteiger partial charge on any atom is 0.145 e. The molecule has 1 aromatic rings. The Labute approximate surface area is 89.6 Å². The van der Waals surface area contributed by atoms with Crippen LogP contribution in [0.2, 0.25) is 0 Å². The average molecular weight is 260 g/mol. The molecule has 4 nitrogen and oxygen atoms in total. The van der Waals surface area contributed by atoms with E-state index in [1.807, 2.05) is 0 Å². The summed E-state index contributed by atoms with van der Waals surface area (Å²) in [6, 6.07) is 3.17. The van der Waals surface area contributed by atoms with Gasteiger partial charge < -0.3 is 19.4 Å². The lowest BCUT2D eigenvalue weighted by Gasteiger charge is -2.14. The fraction of sp³-hybridized carbons (Fsp3) is 0.222. The largest absolute Gasteiger partial charge is 0.545 e. The van der Waals surface area contributed by atoms with Gasteiger partial charge >= 0.3 is 0 Å². The Hall–Kier alpha value is -1.23. The minimum absolute atomic E-state index is 0.0932. The summed E-state index contributed by atoms with van der Waals surface area (Å²) < 4.78 is 10.4. The molecular weight excluding hydrogens is 252 g/mol. The predicted molar refractivity (Wildman–Crippen MR) is 51.6 cm³/mol. The second-order valence-electron chi connectivity index (χ2n) is 2.45. The zero-order valence-corrected chi connectivity index (χ0v) is 9.25. The van der Waals surface area contributed by atoms with Crippen LogP contribution in [0.25, 0.3) is 0 Å². The number of carboxylic acids is 1. The molecule has 5 heteroatoms. The van der Waals surface area contributed by atoms with Crippen molar-refractivity contribution in [2.45, 2.75) is 0 Å². The van der Waals surface area contributed by atoms with E-state index in [4.69, 9.17) is 9.47 Å². The molecule has 1 rings (SSSR count). The SMILES string of the molecule is COc1ccc(Br)c(OC)c1C(=O)[O-]. The van der Waals surface area contributed by atoms with Crippen LogP contribution < -0.4 is 14.6 Å². The third-order valence-corrected chi connectivity index (χ3v) is 2.32. The molecule has 0 spiro atoms. The fourth-order valence-corrected chi connectivity index (χ4v) is 1.59. The number of aromatic carboxylic acids is 1. The van der Waals surface area contributed by atoms with Gasteiger partial charge in [-0.05, 0) is 28.1 Å². The van der Waals surface area contributed by atoms with Crippen molar-refractivity contribution in [3.63, 3.8) is 0 Å². The molecule has 0 aliphatic carbocycles. The zero-order chi connectivity index (χ0) is 10.7. The summed E-state index contributed by atoms with van der Waals surface area (Å²) in [6.45, 7) is 0. The second kappa shape index (κ2) is 4.32. The molecule has 0 amide bonds. The van der Waals surface area contributed by atoms with Crippen LogP contribution in [0.15, 0.2) is 16.6 Å². The zero-order valence-electron chi connectivity index (χ0n) is 7.67. The van der Waals surface area contributed by atoms with Crippen LogP contribution in [0, 0.1) is 0 Å². The van der Waals surface area contributed by atoms with Crippen molar-refractivity contribution in [3.8, 4) is 11.5 Å². The standard InChI is InChI=1S/C9H9BrO4/c1-13-6-4-3-5(10)8(14-2)7(6)9(11)12/h3-4H,1-2H3,(H,11,12)/p-1. The van der Waals surface area contributed by atoms with Crippen LogP contribution in [-0.2, 0) is 0 Å². The predicted octanol–water partition coefficient (Wildman–Crippen LogP) is 0.830. The van der Waals surface area contributed by atoms with Gasteiger partial charge in [-0.3, -0.25) is 0 Å². The van der Waals surface area contributed by atoms with Crippen LogP contribution in [0.1, 0.15) is 10.4 Å². The molecule has 0 saturated carbocycles. The summed E-state index contributed by atoms with van der Waals surface area (Å²) in [5.74, 6) is -0.922. The Balaban J connectivity index is 3.43. The third-order valence-electron chi connectivity index (χ3n) is 1.70. The van der Waals surface area contributed by atoms with Gasteiger partial charge in [-0.25, -0.2) is 0 Å². The van der Waals surface area contributed by atoms with Crippen molar-refractivity contribution in [2.75, 3.05) is 14.2 Å². The summed E-state index contributed by atoms with van der Waals surface area (Å²) in [4.78, 5) is 10.8. The Morgan fingerprint density at radius 3 is 2.43 bits per heavy atom. The van der Waals surface area contributed by atoms with Gasteiger partial charge in [0.05, 0.1) is 30.2 Å². The number of halogens is 1. The van der Waals surface area contributed by atoms with E-state index in [0.717, 1.165) is 0 Å². The maximum absolute atomic E-state index is 10.8. The smallest absolute Gasteiger partial charge is 0.145 e. The average Bonchev–Trinajstić information content (AvgIpc) is 2.17. The first-order valence-electron chi connectivity index (χ1n) is 3.73. The van der Waals surface area contributed by atoms with Crippen LogP contribution >= 0.6 is 15.9 Å². The van der Waals surface area contributed by atoms with Crippen molar-refractivity contribution in [2.24, 2.45) is 0 Å². The third kappa shape index (κ3) is 1.82. The highest BCUT2D eigenvalue weighted by Gasteiger charge is 2.14. The van der Waals surface area contributed by atoms with Crippen molar-refractivity contribution in [3.05, 3.63) is 22.2 Å². The minimum Gasteiger partial charge on any atom is -0.545 e. The van der Waals surface area contributed by atoms with E-state index in [2.05, 4.69) is 15.9 Å². The first-order chi connectivity index (χ1) is 6.61. The highest BCUT2D eigenvalue weighted by Crippen LogP contribution is 2.34. The van der Waals surface area contributed by atoms with Crippen LogP contribution in [0.3, 0.4) is 0 Å². The molecule has 0 bridgehead atoms. The molecule has 0 atom stereocenters. The quantitative estimate of drug-likeness (QED) is 0.807. The summed E-state index contributed by atoms with van der Waals surface area (Å²) in [5, 5.41) is 10.8. The number of benzene rings is 1. The van der Waals surface area contributed by atoms with Crippen molar-refractivity contribution >= 4 is 21.9 Å². The molecule has 0 unspecified atom stereocenters. The molecule has 1 aromatic carbocycles. The van der Waals surface area contributed by atoms with E-state index in [1.54, 1.807) is 6.07 Å². The number of carbonyl (C=O) groups excluding carboxylic acids is 1. The topological polar surface area (TPSA) is 58.6 Å². The molecule has 0 fully saturated rings. The molecule has 0 aliphatic heterocycles. The fourth-order valence-electron chi connectivity index (χ4n) is 1.10. The molecule has 14 heavy (non-hydrogen) atoms. The summed E-state index contributed by atoms with van der Waals surface area (Å²) in [7, 11) is 2.76. The summed E-state index contributed by atoms with van der Waals surface area (Å²) in [5.41, 5.74) is -0.0932. The van der Waals surface area contributed by atoms with Crippen molar-refractivity contribution in [1.29, 1.82) is 0 Å². The van der Waals surface area contributed by atoms with Gasteiger partial charge in [0.1, 0.15) is 11.5 Å². The number of carboxylic acid groups (broad SMARTS) is 1. The van der Waals surface area contributed by atoms with E-state index in [9.17, 15) is 9.90 Å². The van der Waals surface area contributed by atoms with Crippen LogP contribution in [0.4, 0.5) is 0 Å². The first-order valence-corrected chi connectivity index (χ1v) is 4.53. The normalized spacial score (nSPS) is 9.64. The summed E-state index contributed by atoms with van der Waals surface area (Å²) >= 11 is 3.17. The van der Waals surface area contributed by atoms with Gasteiger partial charge in [-0.1, -0.05) is 0 Å². The second-order valence-corrected chi connectivity index (χ2v) is 3.30. The Bertz CT molecular complexity index is 362. The van der Waals surface area contributed by atoms with Gasteiger partial charge in [-0.2, -0.15) is 0 Å². The van der Waals surface area contributed by atoms with Gasteiger partial charge in [0, 0.05) is 0 Å². The number of rotatable bonds is 3. The molecule has 0 aromatic heterocycles. The lowest BCUT2D eigenvalue weighted by molar-refractivity contribution is -0.255. The number of carbonyl (C=O) groups is 1. The van der Waals surface area contributed by atoms with Gasteiger partial charge in [0.2, 0.25) is 0 Å². The van der Waals surface area contributed by atoms with E-state index in [1.165, 1.54) is 20.3 Å². The van der Waals surface area contributed by atoms with Gasteiger partial charge in [-0.15, -0.1) is 0 Å². The first kappa shape index (κ1) is 10.8. The minimum atomic E-state index is -1.33. The van der Waals surface area contributed by atoms with Crippen molar-refractivity contribution in [1.82, 2.24) is 0 Å². The van der Waals surface area contributed by atoms with Gasteiger partial charge in [0.25, 0.3) is 0 Å².